The Morgan fingerprint density at radius 3 is 2.56 bits per heavy atom. The van der Waals surface area contributed by atoms with Gasteiger partial charge in [0.15, 0.2) is 0 Å². The highest BCUT2D eigenvalue weighted by molar-refractivity contribution is 6.07. The standard InChI is InChI=1S/C19H24N2O4/c1-2-25-18(23)13-12-17(22)21-16-11-7-6-10-15(16)19(24)20-14-8-4-3-5-9-14/h6-7,10-14H,2-5,8-9H2,1H3,(H,20,24)(H,21,22)/b13-12+. The molecule has 6 heteroatoms. The molecule has 2 amide bonds. The van der Waals surface area contributed by atoms with Crippen molar-refractivity contribution in [1.82, 2.24) is 5.32 Å². The number of nitrogens with one attached hydrogen (secondary N) is 2. The van der Waals surface area contributed by atoms with Crippen molar-refractivity contribution in [1.29, 1.82) is 0 Å². The number of hydrogen-bond acceptors (Lipinski definition) is 4. The summed E-state index contributed by atoms with van der Waals surface area (Å²) >= 11 is 0. The van der Waals surface area contributed by atoms with Crippen LogP contribution in [0.4, 0.5) is 5.69 Å². The molecular weight excluding hydrogens is 320 g/mol. The molecule has 2 rings (SSSR count). The van der Waals surface area contributed by atoms with Crippen molar-refractivity contribution in [2.24, 2.45) is 0 Å². The molecule has 1 aromatic carbocycles. The molecule has 0 unspecified atom stereocenters. The summed E-state index contributed by atoms with van der Waals surface area (Å²) in [5.74, 6) is -1.27. The zero-order valence-corrected chi connectivity index (χ0v) is 14.4. The molecule has 0 heterocycles. The van der Waals surface area contributed by atoms with Gasteiger partial charge in [0.05, 0.1) is 17.9 Å². The van der Waals surface area contributed by atoms with E-state index >= 15 is 0 Å². The van der Waals surface area contributed by atoms with Crippen molar-refractivity contribution in [2.75, 3.05) is 11.9 Å². The lowest BCUT2D eigenvalue weighted by Crippen LogP contribution is -2.36. The average molecular weight is 344 g/mol. The molecule has 0 aliphatic heterocycles. The summed E-state index contributed by atoms with van der Waals surface area (Å²) in [5.41, 5.74) is 0.820. The summed E-state index contributed by atoms with van der Waals surface area (Å²) < 4.78 is 4.72. The minimum atomic E-state index is -0.582. The smallest absolute Gasteiger partial charge is 0.330 e. The largest absolute Gasteiger partial charge is 0.463 e. The quantitative estimate of drug-likeness (QED) is 0.614. The Bertz CT molecular complexity index is 649. The molecule has 134 valence electrons. The van der Waals surface area contributed by atoms with Crippen molar-refractivity contribution >= 4 is 23.5 Å². The Morgan fingerprint density at radius 1 is 1.12 bits per heavy atom. The van der Waals surface area contributed by atoms with Crippen molar-refractivity contribution in [3.8, 4) is 0 Å². The highest BCUT2D eigenvalue weighted by Gasteiger charge is 2.18. The molecule has 1 saturated carbocycles. The van der Waals surface area contributed by atoms with Gasteiger partial charge in [-0.1, -0.05) is 31.4 Å². The van der Waals surface area contributed by atoms with Gasteiger partial charge in [0.2, 0.25) is 5.91 Å². The maximum Gasteiger partial charge on any atom is 0.330 e. The summed E-state index contributed by atoms with van der Waals surface area (Å²) in [7, 11) is 0. The number of anilines is 1. The first-order chi connectivity index (χ1) is 12.1. The van der Waals surface area contributed by atoms with Crippen LogP contribution in [0.3, 0.4) is 0 Å². The number of benzene rings is 1. The Kier molecular flexibility index (Phi) is 7.19. The van der Waals surface area contributed by atoms with Crippen molar-refractivity contribution in [3.63, 3.8) is 0 Å². The molecule has 0 spiro atoms. The zero-order chi connectivity index (χ0) is 18.1. The molecule has 0 radical (unpaired) electrons. The highest BCUT2D eigenvalue weighted by atomic mass is 16.5. The second-order valence-corrected chi connectivity index (χ2v) is 5.93. The second-order valence-electron chi connectivity index (χ2n) is 5.93. The maximum absolute atomic E-state index is 12.5. The van der Waals surface area contributed by atoms with Crippen LogP contribution < -0.4 is 10.6 Å². The molecule has 0 atom stereocenters. The first-order valence-electron chi connectivity index (χ1n) is 8.66. The van der Waals surface area contributed by atoms with Crippen LogP contribution in [0.25, 0.3) is 0 Å². The van der Waals surface area contributed by atoms with Crippen LogP contribution in [0.2, 0.25) is 0 Å². The first kappa shape index (κ1) is 18.7. The summed E-state index contributed by atoms with van der Waals surface area (Å²) in [6.07, 6.45) is 7.60. The first-order valence-corrected chi connectivity index (χ1v) is 8.66. The zero-order valence-electron chi connectivity index (χ0n) is 14.4. The van der Waals surface area contributed by atoms with Crippen LogP contribution in [0, 0.1) is 0 Å². The van der Waals surface area contributed by atoms with Gasteiger partial charge in [0, 0.05) is 18.2 Å². The van der Waals surface area contributed by atoms with Gasteiger partial charge in [-0.2, -0.15) is 0 Å². The lowest BCUT2D eigenvalue weighted by Gasteiger charge is -2.23. The SMILES string of the molecule is CCOC(=O)/C=C/C(=O)Nc1ccccc1C(=O)NC1CCCCC1. The lowest BCUT2D eigenvalue weighted by atomic mass is 9.95. The number of carbonyl (C=O) groups excluding carboxylic acids is 3. The third-order valence-corrected chi connectivity index (χ3v) is 4.03. The van der Waals surface area contributed by atoms with Crippen LogP contribution >= 0.6 is 0 Å². The van der Waals surface area contributed by atoms with Crippen LogP contribution in [-0.2, 0) is 14.3 Å². The van der Waals surface area contributed by atoms with E-state index in [-0.39, 0.29) is 18.6 Å². The van der Waals surface area contributed by atoms with Gasteiger partial charge in [-0.15, -0.1) is 0 Å². The van der Waals surface area contributed by atoms with Crippen molar-refractivity contribution in [3.05, 3.63) is 42.0 Å². The minimum absolute atomic E-state index is 0.189. The van der Waals surface area contributed by atoms with Crippen LogP contribution in [0.5, 0.6) is 0 Å². The summed E-state index contributed by atoms with van der Waals surface area (Å²) in [6, 6.07) is 7.00. The maximum atomic E-state index is 12.5. The van der Waals surface area contributed by atoms with E-state index in [9.17, 15) is 14.4 Å². The number of amides is 2. The highest BCUT2D eigenvalue weighted by Crippen LogP contribution is 2.20. The molecule has 1 aromatic rings. The third kappa shape index (κ3) is 6.06. The fraction of sp³-hybridized carbons (Fsp3) is 0.421. The summed E-state index contributed by atoms with van der Waals surface area (Å²) in [4.78, 5) is 35.7. The molecule has 2 N–H and O–H groups in total. The van der Waals surface area contributed by atoms with E-state index in [2.05, 4.69) is 10.6 Å². The minimum Gasteiger partial charge on any atom is -0.463 e. The third-order valence-electron chi connectivity index (χ3n) is 4.03. The van der Waals surface area contributed by atoms with Crippen molar-refractivity contribution < 1.29 is 19.1 Å². The number of rotatable bonds is 6. The Labute approximate surface area is 147 Å². The molecule has 0 aromatic heterocycles. The summed E-state index contributed by atoms with van der Waals surface area (Å²) in [6.45, 7) is 1.93. The van der Waals surface area contributed by atoms with E-state index in [1.165, 1.54) is 6.42 Å². The fourth-order valence-corrected chi connectivity index (χ4v) is 2.81. The monoisotopic (exact) mass is 344 g/mol. The molecule has 25 heavy (non-hydrogen) atoms. The molecule has 0 saturated heterocycles. The van der Waals surface area contributed by atoms with Crippen LogP contribution in [0.15, 0.2) is 36.4 Å². The molecule has 0 bridgehead atoms. The van der Waals surface area contributed by atoms with E-state index in [0.29, 0.717) is 11.3 Å². The predicted molar refractivity (Wildman–Crippen MR) is 95.2 cm³/mol. The Morgan fingerprint density at radius 2 is 1.84 bits per heavy atom. The molecule has 1 fully saturated rings. The number of hydrogen-bond donors (Lipinski definition) is 2. The Hall–Kier alpha value is -2.63. The van der Waals surface area contributed by atoms with E-state index in [1.807, 2.05) is 0 Å². The summed E-state index contributed by atoms with van der Waals surface area (Å²) in [5, 5.41) is 5.67. The number of carbonyl (C=O) groups is 3. The van der Waals surface area contributed by atoms with E-state index < -0.39 is 11.9 Å². The van der Waals surface area contributed by atoms with Crippen LogP contribution in [-0.4, -0.2) is 30.4 Å². The van der Waals surface area contributed by atoms with Gasteiger partial charge >= 0.3 is 5.97 Å². The normalized spacial score (nSPS) is 14.9. The second kappa shape index (κ2) is 9.61. The average Bonchev–Trinajstić information content (AvgIpc) is 2.61. The van der Waals surface area contributed by atoms with E-state index in [1.54, 1.807) is 31.2 Å². The van der Waals surface area contributed by atoms with Crippen molar-refractivity contribution in [2.45, 2.75) is 45.1 Å². The number of esters is 1. The van der Waals surface area contributed by atoms with Gasteiger partial charge in [0.25, 0.3) is 5.91 Å². The fourth-order valence-electron chi connectivity index (χ4n) is 2.81. The molecular formula is C19H24N2O4. The van der Waals surface area contributed by atoms with Gasteiger partial charge in [-0.25, -0.2) is 4.79 Å². The number of ether oxygens (including phenoxy) is 1. The molecule has 1 aliphatic carbocycles. The van der Waals surface area contributed by atoms with Gasteiger partial charge in [0.1, 0.15) is 0 Å². The topological polar surface area (TPSA) is 84.5 Å². The van der Waals surface area contributed by atoms with Gasteiger partial charge < -0.3 is 15.4 Å². The predicted octanol–water partition coefficient (Wildman–Crippen LogP) is 2.81. The molecule has 6 nitrogen and oxygen atoms in total. The number of para-hydroxylation sites is 1. The van der Waals surface area contributed by atoms with E-state index in [0.717, 1.165) is 37.8 Å². The lowest BCUT2D eigenvalue weighted by molar-refractivity contribution is -0.137. The Balaban J connectivity index is 2.00. The van der Waals surface area contributed by atoms with Gasteiger partial charge in [-0.3, -0.25) is 9.59 Å². The van der Waals surface area contributed by atoms with Gasteiger partial charge in [-0.05, 0) is 31.9 Å². The van der Waals surface area contributed by atoms with E-state index in [4.69, 9.17) is 4.74 Å². The van der Waals surface area contributed by atoms with Crippen LogP contribution in [0.1, 0.15) is 49.4 Å². The molecule has 1 aliphatic rings.